The molecule has 0 saturated carbocycles. The van der Waals surface area contributed by atoms with Crippen molar-refractivity contribution in [2.24, 2.45) is 5.73 Å². The summed E-state index contributed by atoms with van der Waals surface area (Å²) in [4.78, 5) is 20.7. The number of amides is 1. The van der Waals surface area contributed by atoms with Gasteiger partial charge >= 0.3 is 5.97 Å². The van der Waals surface area contributed by atoms with Crippen molar-refractivity contribution in [1.82, 2.24) is 0 Å². The monoisotopic (exact) mass is 225 g/mol. The summed E-state index contributed by atoms with van der Waals surface area (Å²) in [6.07, 6.45) is 0. The summed E-state index contributed by atoms with van der Waals surface area (Å²) in [5, 5.41) is 8.48. The predicted molar refractivity (Wildman–Crippen MR) is 49.4 cm³/mol. The number of carboxylic acids is 1. The fourth-order valence-electron chi connectivity index (χ4n) is 0.935. The third-order valence-corrected chi connectivity index (χ3v) is 1.61. The topological polar surface area (TPSA) is 80.4 Å². The van der Waals surface area contributed by atoms with Crippen LogP contribution in [0.4, 0.5) is 8.78 Å². The molecule has 1 rings (SSSR count). The summed E-state index contributed by atoms with van der Waals surface area (Å²) >= 11 is 0. The molecule has 1 aromatic carbocycles. The Morgan fingerprint density at radius 2 is 1.88 bits per heavy atom. The van der Waals surface area contributed by atoms with Crippen molar-refractivity contribution in [3.8, 4) is 11.8 Å². The molecule has 16 heavy (non-hydrogen) atoms. The number of primary amides is 1. The lowest BCUT2D eigenvalue weighted by molar-refractivity contribution is -0.112. The van der Waals surface area contributed by atoms with E-state index in [1.807, 2.05) is 11.8 Å². The molecular formula is C10H5F2NO3. The molecule has 0 aliphatic carbocycles. The van der Waals surface area contributed by atoms with E-state index < -0.39 is 34.6 Å². The maximum Gasteiger partial charge on any atom is 0.338 e. The van der Waals surface area contributed by atoms with Gasteiger partial charge in [-0.3, -0.25) is 4.79 Å². The van der Waals surface area contributed by atoms with E-state index in [2.05, 4.69) is 5.73 Å². The highest BCUT2D eigenvalue weighted by molar-refractivity contribution is 5.92. The molecule has 0 aliphatic heterocycles. The molecule has 82 valence electrons. The Balaban J connectivity index is 3.27. The van der Waals surface area contributed by atoms with Crippen LogP contribution in [0.25, 0.3) is 0 Å². The first kappa shape index (κ1) is 11.7. The van der Waals surface area contributed by atoms with Gasteiger partial charge in [-0.05, 0) is 12.1 Å². The number of aromatic carboxylic acids is 1. The number of nitrogens with two attached hydrogens (primary N) is 1. The Morgan fingerprint density at radius 3 is 2.38 bits per heavy atom. The zero-order chi connectivity index (χ0) is 12.3. The zero-order valence-electron chi connectivity index (χ0n) is 7.75. The fraction of sp³-hybridized carbons (Fsp3) is 0. The quantitative estimate of drug-likeness (QED) is 0.683. The molecule has 0 radical (unpaired) electrons. The number of halogens is 2. The van der Waals surface area contributed by atoms with Crippen molar-refractivity contribution in [2.75, 3.05) is 0 Å². The first-order valence-electron chi connectivity index (χ1n) is 3.95. The summed E-state index contributed by atoms with van der Waals surface area (Å²) in [7, 11) is 0. The lowest BCUT2D eigenvalue weighted by Crippen LogP contribution is -2.07. The van der Waals surface area contributed by atoms with E-state index in [0.29, 0.717) is 12.1 Å². The highest BCUT2D eigenvalue weighted by Crippen LogP contribution is 2.14. The number of carbonyl (C=O) groups excluding carboxylic acids is 1. The van der Waals surface area contributed by atoms with Gasteiger partial charge < -0.3 is 10.8 Å². The minimum Gasteiger partial charge on any atom is -0.478 e. The summed E-state index contributed by atoms with van der Waals surface area (Å²) in [6.45, 7) is 0. The Kier molecular flexibility index (Phi) is 3.20. The number of carboxylic acid groups (broad SMARTS) is 1. The summed E-state index contributed by atoms with van der Waals surface area (Å²) in [5.41, 5.74) is 3.45. The molecule has 4 nitrogen and oxygen atoms in total. The molecule has 3 N–H and O–H groups in total. The highest BCUT2D eigenvalue weighted by Gasteiger charge is 2.14. The van der Waals surface area contributed by atoms with Crippen molar-refractivity contribution in [2.45, 2.75) is 0 Å². The van der Waals surface area contributed by atoms with E-state index >= 15 is 0 Å². The number of hydrogen-bond donors (Lipinski definition) is 2. The Bertz CT molecular complexity index is 529. The molecule has 0 aromatic heterocycles. The molecule has 0 bridgehead atoms. The van der Waals surface area contributed by atoms with Crippen molar-refractivity contribution < 1.29 is 23.5 Å². The van der Waals surface area contributed by atoms with E-state index in [0.717, 1.165) is 0 Å². The zero-order valence-corrected chi connectivity index (χ0v) is 7.75. The van der Waals surface area contributed by atoms with E-state index in [-0.39, 0.29) is 0 Å². The van der Waals surface area contributed by atoms with Gasteiger partial charge in [-0.2, -0.15) is 0 Å². The fourth-order valence-corrected chi connectivity index (χ4v) is 0.935. The van der Waals surface area contributed by atoms with E-state index in [1.54, 1.807) is 0 Å². The lowest BCUT2D eigenvalue weighted by atomic mass is 10.1. The second-order valence-corrected chi connectivity index (χ2v) is 2.73. The van der Waals surface area contributed by atoms with E-state index in [4.69, 9.17) is 5.11 Å². The summed E-state index contributed by atoms with van der Waals surface area (Å²) in [6, 6.07) is 1.08. The number of carbonyl (C=O) groups is 2. The second kappa shape index (κ2) is 4.40. The van der Waals surface area contributed by atoms with E-state index in [9.17, 15) is 18.4 Å². The Hall–Kier alpha value is -2.42. The average molecular weight is 225 g/mol. The van der Waals surface area contributed by atoms with Gasteiger partial charge in [0, 0.05) is 5.92 Å². The average Bonchev–Trinajstić information content (AvgIpc) is 2.18. The maximum absolute atomic E-state index is 13.2. The first-order valence-corrected chi connectivity index (χ1v) is 3.95. The van der Waals surface area contributed by atoms with Crippen molar-refractivity contribution in [3.63, 3.8) is 0 Å². The molecule has 0 unspecified atom stereocenters. The van der Waals surface area contributed by atoms with Crippen LogP contribution in [-0.2, 0) is 4.79 Å². The van der Waals surface area contributed by atoms with Crippen molar-refractivity contribution in [1.29, 1.82) is 0 Å². The van der Waals surface area contributed by atoms with Crippen molar-refractivity contribution >= 4 is 11.9 Å². The molecular weight excluding hydrogens is 220 g/mol. The Morgan fingerprint density at radius 1 is 1.25 bits per heavy atom. The van der Waals surface area contributed by atoms with Crippen LogP contribution < -0.4 is 5.73 Å². The van der Waals surface area contributed by atoms with Gasteiger partial charge in [-0.1, -0.05) is 5.92 Å². The molecule has 1 amide bonds. The smallest absolute Gasteiger partial charge is 0.338 e. The predicted octanol–water partition coefficient (Wildman–Crippen LogP) is 0.500. The highest BCUT2D eigenvalue weighted by atomic mass is 19.1. The van der Waals surface area contributed by atoms with Crippen molar-refractivity contribution in [3.05, 3.63) is 34.9 Å². The van der Waals surface area contributed by atoms with Gasteiger partial charge in [0.15, 0.2) is 0 Å². The van der Waals surface area contributed by atoms with Gasteiger partial charge in [0.05, 0.1) is 11.1 Å². The Labute approximate surface area is 88.7 Å². The lowest BCUT2D eigenvalue weighted by Gasteiger charge is -1.99. The van der Waals surface area contributed by atoms with Gasteiger partial charge in [-0.25, -0.2) is 13.6 Å². The van der Waals surface area contributed by atoms with Crippen LogP contribution in [0.1, 0.15) is 15.9 Å². The molecule has 0 aliphatic rings. The van der Waals surface area contributed by atoms with Crippen LogP contribution in [0.5, 0.6) is 0 Å². The number of rotatable bonds is 1. The normalized spacial score (nSPS) is 9.12. The molecule has 0 fully saturated rings. The first-order chi connectivity index (χ1) is 7.41. The van der Waals surface area contributed by atoms with Gasteiger partial charge in [0.1, 0.15) is 11.6 Å². The van der Waals surface area contributed by atoms with Gasteiger partial charge in [0.25, 0.3) is 5.91 Å². The minimum absolute atomic E-state index is 0.429. The van der Waals surface area contributed by atoms with Crippen LogP contribution in [-0.4, -0.2) is 17.0 Å². The maximum atomic E-state index is 13.2. The standard InChI is InChI=1S/C10H5F2NO3/c11-7-4-6(10(15)16)8(12)3-5(7)1-2-9(13)14/h3-4H,(H2,13,14)(H,15,16). The summed E-state index contributed by atoms with van der Waals surface area (Å²) < 4.78 is 26.2. The van der Waals surface area contributed by atoms with Gasteiger partial charge in [0.2, 0.25) is 0 Å². The van der Waals surface area contributed by atoms with E-state index in [1.165, 1.54) is 0 Å². The molecule has 0 atom stereocenters. The van der Waals surface area contributed by atoms with Crippen LogP contribution in [0, 0.1) is 23.5 Å². The second-order valence-electron chi connectivity index (χ2n) is 2.73. The third-order valence-electron chi connectivity index (χ3n) is 1.61. The molecule has 0 spiro atoms. The summed E-state index contributed by atoms with van der Waals surface area (Å²) in [5.74, 6) is -0.961. The van der Waals surface area contributed by atoms with Crippen LogP contribution in [0.2, 0.25) is 0 Å². The number of hydrogen-bond acceptors (Lipinski definition) is 2. The largest absolute Gasteiger partial charge is 0.478 e. The van der Waals surface area contributed by atoms with Crippen LogP contribution >= 0.6 is 0 Å². The molecule has 6 heteroatoms. The third kappa shape index (κ3) is 2.54. The van der Waals surface area contributed by atoms with Crippen LogP contribution in [0.3, 0.4) is 0 Å². The molecule has 0 heterocycles. The SMILES string of the molecule is NC(=O)C#Cc1cc(F)c(C(=O)O)cc1F. The number of benzene rings is 1. The van der Waals surface area contributed by atoms with Gasteiger partial charge in [-0.15, -0.1) is 0 Å². The minimum atomic E-state index is -1.59. The van der Waals surface area contributed by atoms with Crippen LogP contribution in [0.15, 0.2) is 12.1 Å². The molecule has 0 saturated heterocycles. The molecule has 1 aromatic rings.